The Kier molecular flexibility index (Phi) is 4.06. The van der Waals surface area contributed by atoms with E-state index in [4.69, 9.17) is 9.52 Å². The summed E-state index contributed by atoms with van der Waals surface area (Å²) < 4.78 is 31.4. The second kappa shape index (κ2) is 5.49. The topological polar surface area (TPSA) is 126 Å². The van der Waals surface area contributed by atoms with Crippen LogP contribution < -0.4 is 10.0 Å². The lowest BCUT2D eigenvalue weighted by Gasteiger charge is -2.13. The number of carbonyl (C=O) groups excluding carboxylic acids is 1. The van der Waals surface area contributed by atoms with Crippen LogP contribution in [0.3, 0.4) is 0 Å². The average molecular weight is 316 g/mol. The monoisotopic (exact) mass is 316 g/mol. The van der Waals surface area contributed by atoms with Crippen LogP contribution in [-0.4, -0.2) is 37.5 Å². The molecule has 0 bridgehead atoms. The number of nitrogens with one attached hydrogen (secondary N) is 2. The third kappa shape index (κ3) is 3.61. The van der Waals surface area contributed by atoms with Crippen molar-refractivity contribution in [1.29, 1.82) is 0 Å². The van der Waals surface area contributed by atoms with Gasteiger partial charge in [-0.1, -0.05) is 0 Å². The van der Waals surface area contributed by atoms with Crippen LogP contribution >= 0.6 is 0 Å². The van der Waals surface area contributed by atoms with Gasteiger partial charge in [0.15, 0.2) is 0 Å². The Labute approximate surface area is 121 Å². The fraction of sp³-hybridized carbons (Fsp3) is 0.500. The number of hydrogen-bond acceptors (Lipinski definition) is 5. The van der Waals surface area contributed by atoms with Gasteiger partial charge in [-0.3, -0.25) is 4.79 Å². The normalized spacial score (nSPS) is 16.5. The fourth-order valence-corrected chi connectivity index (χ4v) is 3.12. The van der Waals surface area contributed by atoms with E-state index >= 15 is 0 Å². The van der Waals surface area contributed by atoms with Crippen LogP contribution in [-0.2, 0) is 14.8 Å². The van der Waals surface area contributed by atoms with E-state index < -0.39 is 33.7 Å². The highest BCUT2D eigenvalue weighted by molar-refractivity contribution is 7.89. The highest BCUT2D eigenvalue weighted by Crippen LogP contribution is 2.21. The number of aromatic carboxylic acids is 1. The van der Waals surface area contributed by atoms with Gasteiger partial charge in [0.25, 0.3) is 0 Å². The molecular weight excluding hydrogens is 300 g/mol. The summed E-state index contributed by atoms with van der Waals surface area (Å²) in [5.41, 5.74) is 0. The molecule has 0 saturated heterocycles. The minimum atomic E-state index is -4.03. The number of rotatable bonds is 6. The van der Waals surface area contributed by atoms with Gasteiger partial charge in [0.2, 0.25) is 21.7 Å². The van der Waals surface area contributed by atoms with Gasteiger partial charge in [0, 0.05) is 12.1 Å². The molecule has 21 heavy (non-hydrogen) atoms. The lowest BCUT2D eigenvalue weighted by atomic mass is 10.3. The fourth-order valence-electron chi connectivity index (χ4n) is 1.74. The standard InChI is InChI=1S/C12H16N2O6S/c1-6(11(15)13-8-3-4-8)14-21(18,19)10-5-9(12(16)17)20-7(10)2/h5-6,8,14H,3-4H2,1-2H3,(H,13,15)(H,16,17). The highest BCUT2D eigenvalue weighted by Gasteiger charge is 2.30. The first-order chi connectivity index (χ1) is 9.70. The zero-order valence-electron chi connectivity index (χ0n) is 11.5. The first-order valence-electron chi connectivity index (χ1n) is 6.37. The predicted octanol–water partition coefficient (Wildman–Crippen LogP) is 0.232. The molecule has 1 fully saturated rings. The number of aryl methyl sites for hydroxylation is 1. The largest absolute Gasteiger partial charge is 0.475 e. The summed E-state index contributed by atoms with van der Waals surface area (Å²) in [7, 11) is -4.03. The molecule has 0 radical (unpaired) electrons. The van der Waals surface area contributed by atoms with Crippen LogP contribution in [0.1, 0.15) is 36.1 Å². The average Bonchev–Trinajstić information content (AvgIpc) is 3.07. The first-order valence-corrected chi connectivity index (χ1v) is 7.85. The molecule has 1 heterocycles. The van der Waals surface area contributed by atoms with E-state index in [1.165, 1.54) is 13.8 Å². The summed E-state index contributed by atoms with van der Waals surface area (Å²) in [5.74, 6) is -2.29. The number of carboxylic acid groups (broad SMARTS) is 1. The predicted molar refractivity (Wildman–Crippen MR) is 71.4 cm³/mol. The third-order valence-electron chi connectivity index (χ3n) is 3.02. The molecule has 1 unspecified atom stereocenters. The van der Waals surface area contributed by atoms with Crippen LogP contribution in [0.15, 0.2) is 15.4 Å². The van der Waals surface area contributed by atoms with Crippen molar-refractivity contribution in [2.24, 2.45) is 0 Å². The number of furan rings is 1. The minimum absolute atomic E-state index is 0.0466. The molecule has 1 saturated carbocycles. The lowest BCUT2D eigenvalue weighted by molar-refractivity contribution is -0.122. The zero-order chi connectivity index (χ0) is 15.8. The van der Waals surface area contributed by atoms with Crippen molar-refractivity contribution in [3.05, 3.63) is 17.6 Å². The van der Waals surface area contributed by atoms with Gasteiger partial charge >= 0.3 is 5.97 Å². The maximum atomic E-state index is 12.2. The maximum absolute atomic E-state index is 12.2. The zero-order valence-corrected chi connectivity index (χ0v) is 12.4. The summed E-state index contributed by atoms with van der Waals surface area (Å²) in [5, 5.41) is 11.5. The molecule has 1 aromatic heterocycles. The summed E-state index contributed by atoms with van der Waals surface area (Å²) in [6.45, 7) is 2.76. The highest BCUT2D eigenvalue weighted by atomic mass is 32.2. The Hall–Kier alpha value is -1.87. The number of carboxylic acids is 1. The first kappa shape index (κ1) is 15.5. The summed E-state index contributed by atoms with van der Waals surface area (Å²) in [6, 6.07) is 0.0859. The quantitative estimate of drug-likeness (QED) is 0.690. The van der Waals surface area contributed by atoms with Crippen molar-refractivity contribution in [2.45, 2.75) is 43.7 Å². The van der Waals surface area contributed by atoms with Crippen molar-refractivity contribution in [2.75, 3.05) is 0 Å². The van der Waals surface area contributed by atoms with Crippen molar-refractivity contribution in [1.82, 2.24) is 10.0 Å². The lowest BCUT2D eigenvalue weighted by Crippen LogP contribution is -2.45. The number of sulfonamides is 1. The molecule has 1 aliphatic rings. The Morgan fingerprint density at radius 3 is 2.52 bits per heavy atom. The number of carbonyl (C=O) groups is 2. The van der Waals surface area contributed by atoms with E-state index in [0.29, 0.717) is 0 Å². The van der Waals surface area contributed by atoms with Gasteiger partial charge in [-0.2, -0.15) is 4.72 Å². The summed E-state index contributed by atoms with van der Waals surface area (Å²) >= 11 is 0. The van der Waals surface area contributed by atoms with Crippen LogP contribution in [0.25, 0.3) is 0 Å². The second-order valence-electron chi connectivity index (χ2n) is 4.96. The van der Waals surface area contributed by atoms with Crippen LogP contribution in [0, 0.1) is 6.92 Å². The molecule has 0 aromatic carbocycles. The van der Waals surface area contributed by atoms with E-state index in [1.807, 2.05) is 0 Å². The van der Waals surface area contributed by atoms with Crippen molar-refractivity contribution in [3.8, 4) is 0 Å². The van der Waals surface area contributed by atoms with E-state index in [-0.39, 0.29) is 16.7 Å². The van der Waals surface area contributed by atoms with E-state index in [9.17, 15) is 18.0 Å². The van der Waals surface area contributed by atoms with Crippen molar-refractivity contribution < 1.29 is 27.5 Å². The Morgan fingerprint density at radius 2 is 2.05 bits per heavy atom. The molecule has 1 aromatic rings. The molecule has 8 nitrogen and oxygen atoms in total. The minimum Gasteiger partial charge on any atom is -0.475 e. The molecule has 9 heteroatoms. The molecule has 0 spiro atoms. The van der Waals surface area contributed by atoms with E-state index in [0.717, 1.165) is 18.9 Å². The van der Waals surface area contributed by atoms with Crippen LogP contribution in [0.4, 0.5) is 0 Å². The van der Waals surface area contributed by atoms with Crippen LogP contribution in [0.5, 0.6) is 0 Å². The smallest absolute Gasteiger partial charge is 0.371 e. The molecule has 1 atom stereocenters. The second-order valence-corrected chi connectivity index (χ2v) is 6.64. The van der Waals surface area contributed by atoms with Gasteiger partial charge in [-0.25, -0.2) is 13.2 Å². The molecule has 1 aliphatic carbocycles. The van der Waals surface area contributed by atoms with Crippen molar-refractivity contribution in [3.63, 3.8) is 0 Å². The van der Waals surface area contributed by atoms with Crippen LogP contribution in [0.2, 0.25) is 0 Å². The molecule has 0 aliphatic heterocycles. The van der Waals surface area contributed by atoms with Gasteiger partial charge < -0.3 is 14.8 Å². The number of hydrogen-bond donors (Lipinski definition) is 3. The SMILES string of the molecule is Cc1oc(C(=O)O)cc1S(=O)(=O)NC(C)C(=O)NC1CC1. The van der Waals surface area contributed by atoms with Gasteiger partial charge in [0.05, 0.1) is 6.04 Å². The molecule has 116 valence electrons. The third-order valence-corrected chi connectivity index (χ3v) is 4.67. The Morgan fingerprint density at radius 1 is 1.43 bits per heavy atom. The van der Waals surface area contributed by atoms with E-state index in [2.05, 4.69) is 10.0 Å². The van der Waals surface area contributed by atoms with Gasteiger partial charge in [-0.05, 0) is 26.7 Å². The molecule has 2 rings (SSSR count). The van der Waals surface area contributed by atoms with Gasteiger partial charge in [0.1, 0.15) is 10.7 Å². The summed E-state index contributed by atoms with van der Waals surface area (Å²) in [4.78, 5) is 22.2. The van der Waals surface area contributed by atoms with Crippen molar-refractivity contribution >= 4 is 21.9 Å². The molecular formula is C12H16N2O6S. The number of amides is 1. The summed E-state index contributed by atoms with van der Waals surface area (Å²) in [6.07, 6.45) is 1.79. The Balaban J connectivity index is 2.13. The molecule has 3 N–H and O–H groups in total. The van der Waals surface area contributed by atoms with E-state index in [1.54, 1.807) is 0 Å². The Bertz CT molecular complexity index is 674. The van der Waals surface area contributed by atoms with Gasteiger partial charge in [-0.15, -0.1) is 0 Å². The molecule has 1 amide bonds. The maximum Gasteiger partial charge on any atom is 0.371 e.